The zero-order chi connectivity index (χ0) is 16.1. The van der Waals surface area contributed by atoms with E-state index >= 15 is 0 Å². The lowest BCUT2D eigenvalue weighted by molar-refractivity contribution is -0.124. The van der Waals surface area contributed by atoms with Crippen molar-refractivity contribution in [3.05, 3.63) is 35.4 Å². The molecule has 0 aliphatic carbocycles. The predicted molar refractivity (Wildman–Crippen MR) is 92.9 cm³/mol. The number of nitrogens with one attached hydrogen (secondary N) is 2. The van der Waals surface area contributed by atoms with Gasteiger partial charge in [-0.15, -0.1) is 0 Å². The van der Waals surface area contributed by atoms with Crippen molar-refractivity contribution in [1.29, 1.82) is 0 Å². The molecule has 0 aromatic heterocycles. The normalized spacial score (nSPS) is 25.4. The SMILES string of the molecule is C[C@@H]1CCCN(Cc2ccccc2CNC(=O)[C@H]2CCNC2)C1. The summed E-state index contributed by atoms with van der Waals surface area (Å²) in [7, 11) is 0. The van der Waals surface area contributed by atoms with E-state index in [1.165, 1.54) is 37.1 Å². The second-order valence-corrected chi connectivity index (χ2v) is 7.16. The van der Waals surface area contributed by atoms with Gasteiger partial charge in [-0.05, 0) is 49.4 Å². The van der Waals surface area contributed by atoms with Crippen LogP contribution in [0.25, 0.3) is 0 Å². The molecule has 1 aromatic carbocycles. The first kappa shape index (κ1) is 16.5. The number of hydrogen-bond acceptors (Lipinski definition) is 3. The Morgan fingerprint density at radius 1 is 1.30 bits per heavy atom. The standard InChI is InChI=1S/C19H29N3O/c1-15-5-4-10-22(13-15)14-18-7-3-2-6-16(18)12-21-19(23)17-8-9-20-11-17/h2-3,6-7,15,17,20H,4-5,8-14H2,1H3,(H,21,23)/t15-,17+/m1/s1. The number of hydrogen-bond donors (Lipinski definition) is 2. The minimum absolute atomic E-state index is 0.144. The minimum atomic E-state index is 0.144. The molecule has 4 heteroatoms. The Balaban J connectivity index is 1.57. The van der Waals surface area contributed by atoms with E-state index in [0.717, 1.165) is 32.0 Å². The molecular formula is C19H29N3O. The van der Waals surface area contributed by atoms with Crippen LogP contribution >= 0.6 is 0 Å². The number of nitrogens with zero attached hydrogens (tertiary/aromatic N) is 1. The van der Waals surface area contributed by atoms with Crippen LogP contribution in [0.3, 0.4) is 0 Å². The number of piperidine rings is 1. The molecule has 2 aliphatic heterocycles. The largest absolute Gasteiger partial charge is 0.352 e. The molecule has 0 radical (unpaired) electrons. The van der Waals surface area contributed by atoms with Gasteiger partial charge in [-0.2, -0.15) is 0 Å². The fourth-order valence-electron chi connectivity index (χ4n) is 3.76. The molecule has 2 N–H and O–H groups in total. The van der Waals surface area contributed by atoms with Gasteiger partial charge in [0.25, 0.3) is 0 Å². The summed E-state index contributed by atoms with van der Waals surface area (Å²) in [6.45, 7) is 8.15. The van der Waals surface area contributed by atoms with Crippen LogP contribution in [-0.2, 0) is 17.9 Å². The molecule has 4 nitrogen and oxygen atoms in total. The Labute approximate surface area is 139 Å². The van der Waals surface area contributed by atoms with Crippen molar-refractivity contribution >= 4 is 5.91 Å². The zero-order valence-corrected chi connectivity index (χ0v) is 14.2. The van der Waals surface area contributed by atoms with E-state index in [0.29, 0.717) is 6.54 Å². The van der Waals surface area contributed by atoms with Gasteiger partial charge >= 0.3 is 0 Å². The summed E-state index contributed by atoms with van der Waals surface area (Å²) in [5.41, 5.74) is 2.61. The van der Waals surface area contributed by atoms with Crippen LogP contribution in [-0.4, -0.2) is 37.0 Å². The molecule has 0 saturated carbocycles. The second-order valence-electron chi connectivity index (χ2n) is 7.16. The number of carbonyl (C=O) groups excluding carboxylic acids is 1. The maximum Gasteiger partial charge on any atom is 0.224 e. The monoisotopic (exact) mass is 315 g/mol. The van der Waals surface area contributed by atoms with Crippen molar-refractivity contribution in [3.8, 4) is 0 Å². The summed E-state index contributed by atoms with van der Waals surface area (Å²) in [6, 6.07) is 8.53. The Bertz CT molecular complexity index is 525. The Hall–Kier alpha value is -1.39. The highest BCUT2D eigenvalue weighted by Gasteiger charge is 2.22. The van der Waals surface area contributed by atoms with Crippen LogP contribution in [0.5, 0.6) is 0 Å². The van der Waals surface area contributed by atoms with Gasteiger partial charge in [0, 0.05) is 26.2 Å². The summed E-state index contributed by atoms with van der Waals surface area (Å²) in [6.07, 6.45) is 3.61. The van der Waals surface area contributed by atoms with E-state index in [1.807, 2.05) is 0 Å². The molecule has 0 bridgehead atoms. The molecule has 3 rings (SSSR count). The first-order valence-electron chi connectivity index (χ1n) is 9.00. The Kier molecular flexibility index (Phi) is 5.68. The third-order valence-electron chi connectivity index (χ3n) is 5.14. The van der Waals surface area contributed by atoms with Gasteiger partial charge in [0.2, 0.25) is 5.91 Å². The Morgan fingerprint density at radius 2 is 2.13 bits per heavy atom. The van der Waals surface area contributed by atoms with Gasteiger partial charge in [0.1, 0.15) is 0 Å². The highest BCUT2D eigenvalue weighted by atomic mass is 16.1. The first-order valence-corrected chi connectivity index (χ1v) is 9.00. The van der Waals surface area contributed by atoms with Crippen molar-refractivity contribution < 1.29 is 4.79 Å². The zero-order valence-electron chi connectivity index (χ0n) is 14.2. The van der Waals surface area contributed by atoms with E-state index in [4.69, 9.17) is 0 Å². The van der Waals surface area contributed by atoms with Gasteiger partial charge in [0.15, 0.2) is 0 Å². The average molecular weight is 315 g/mol. The van der Waals surface area contributed by atoms with E-state index in [9.17, 15) is 4.79 Å². The fourth-order valence-corrected chi connectivity index (χ4v) is 3.76. The van der Waals surface area contributed by atoms with E-state index < -0.39 is 0 Å². The topological polar surface area (TPSA) is 44.4 Å². The predicted octanol–water partition coefficient (Wildman–Crippen LogP) is 2.14. The number of likely N-dealkylation sites (tertiary alicyclic amines) is 1. The second kappa shape index (κ2) is 7.93. The third-order valence-corrected chi connectivity index (χ3v) is 5.14. The lowest BCUT2D eigenvalue weighted by Crippen LogP contribution is -2.35. The smallest absolute Gasteiger partial charge is 0.224 e. The highest BCUT2D eigenvalue weighted by Crippen LogP contribution is 2.19. The van der Waals surface area contributed by atoms with E-state index in [2.05, 4.69) is 46.7 Å². The van der Waals surface area contributed by atoms with Crippen molar-refractivity contribution in [2.24, 2.45) is 11.8 Å². The maximum absolute atomic E-state index is 12.2. The third kappa shape index (κ3) is 4.55. The van der Waals surface area contributed by atoms with Gasteiger partial charge in [-0.25, -0.2) is 0 Å². The van der Waals surface area contributed by atoms with Crippen LogP contribution in [0, 0.1) is 11.8 Å². The lowest BCUT2D eigenvalue weighted by atomic mass is 9.99. The van der Waals surface area contributed by atoms with Crippen LogP contribution in [0.1, 0.15) is 37.3 Å². The number of amides is 1. The molecule has 2 atom stereocenters. The fraction of sp³-hybridized carbons (Fsp3) is 0.632. The number of benzene rings is 1. The van der Waals surface area contributed by atoms with Crippen LogP contribution in [0.2, 0.25) is 0 Å². The van der Waals surface area contributed by atoms with Crippen molar-refractivity contribution in [1.82, 2.24) is 15.5 Å². The van der Waals surface area contributed by atoms with Gasteiger partial charge < -0.3 is 10.6 Å². The molecule has 126 valence electrons. The molecule has 23 heavy (non-hydrogen) atoms. The van der Waals surface area contributed by atoms with Gasteiger partial charge in [0.05, 0.1) is 5.92 Å². The molecule has 2 fully saturated rings. The highest BCUT2D eigenvalue weighted by molar-refractivity contribution is 5.79. The van der Waals surface area contributed by atoms with Crippen molar-refractivity contribution in [2.75, 3.05) is 26.2 Å². The molecule has 2 heterocycles. The van der Waals surface area contributed by atoms with Crippen molar-refractivity contribution in [2.45, 2.75) is 39.3 Å². The summed E-state index contributed by atoms with van der Waals surface area (Å²) in [4.78, 5) is 14.8. The average Bonchev–Trinajstić information content (AvgIpc) is 3.08. The van der Waals surface area contributed by atoms with Gasteiger partial charge in [-0.3, -0.25) is 9.69 Å². The first-order chi connectivity index (χ1) is 11.2. The minimum Gasteiger partial charge on any atom is -0.352 e. The summed E-state index contributed by atoms with van der Waals surface area (Å²) < 4.78 is 0. The molecule has 2 saturated heterocycles. The quantitative estimate of drug-likeness (QED) is 0.875. The molecular weight excluding hydrogens is 286 g/mol. The molecule has 2 aliphatic rings. The van der Waals surface area contributed by atoms with Gasteiger partial charge in [-0.1, -0.05) is 31.2 Å². The summed E-state index contributed by atoms with van der Waals surface area (Å²) in [5.74, 6) is 1.13. The lowest BCUT2D eigenvalue weighted by Gasteiger charge is -2.31. The molecule has 1 amide bonds. The van der Waals surface area contributed by atoms with Crippen LogP contribution < -0.4 is 10.6 Å². The Morgan fingerprint density at radius 3 is 2.87 bits per heavy atom. The van der Waals surface area contributed by atoms with Crippen LogP contribution in [0.15, 0.2) is 24.3 Å². The summed E-state index contributed by atoms with van der Waals surface area (Å²) >= 11 is 0. The molecule has 0 unspecified atom stereocenters. The van der Waals surface area contributed by atoms with E-state index in [-0.39, 0.29) is 11.8 Å². The number of carbonyl (C=O) groups is 1. The summed E-state index contributed by atoms with van der Waals surface area (Å²) in [5, 5.41) is 6.38. The van der Waals surface area contributed by atoms with Crippen molar-refractivity contribution in [3.63, 3.8) is 0 Å². The molecule has 1 aromatic rings. The van der Waals surface area contributed by atoms with E-state index in [1.54, 1.807) is 0 Å². The number of rotatable bonds is 5. The maximum atomic E-state index is 12.2. The van der Waals surface area contributed by atoms with Crippen LogP contribution in [0.4, 0.5) is 0 Å². The molecule has 0 spiro atoms.